The van der Waals surface area contributed by atoms with Crippen molar-refractivity contribution in [3.63, 3.8) is 0 Å². The summed E-state index contributed by atoms with van der Waals surface area (Å²) in [5.41, 5.74) is 1.26. The molecule has 40 heavy (non-hydrogen) atoms. The van der Waals surface area contributed by atoms with E-state index in [2.05, 4.69) is 0 Å². The highest BCUT2D eigenvalue weighted by Gasteiger charge is 2.21. The van der Waals surface area contributed by atoms with Gasteiger partial charge in [-0.3, -0.25) is 0 Å². The molecule has 0 aliphatic carbocycles. The van der Waals surface area contributed by atoms with Gasteiger partial charge in [0.25, 0.3) is 0 Å². The third-order valence-corrected chi connectivity index (χ3v) is 5.60. The molecule has 4 aromatic carbocycles. The molecule has 0 aliphatic rings. The van der Waals surface area contributed by atoms with E-state index in [0.29, 0.717) is 30.3 Å². The van der Waals surface area contributed by atoms with E-state index in [-0.39, 0.29) is 29.2 Å². The number of hydrogen-bond acceptors (Lipinski definition) is 8. The Hall–Kier alpha value is -5.11. The summed E-state index contributed by atoms with van der Waals surface area (Å²) in [6.45, 7) is 4.72. The van der Waals surface area contributed by atoms with E-state index in [1.807, 2.05) is 44.2 Å². The van der Waals surface area contributed by atoms with Gasteiger partial charge < -0.3 is 23.7 Å². The summed E-state index contributed by atoms with van der Waals surface area (Å²) in [6.07, 6.45) is 0. The molecule has 4 rings (SSSR count). The van der Waals surface area contributed by atoms with Crippen molar-refractivity contribution in [2.24, 2.45) is 0 Å². The Morgan fingerprint density at radius 3 is 1.65 bits per heavy atom. The SMILES string of the molecule is CCOc1ccc(C(=O)Oc2ccc(OC(=O)c3ccc(OCC)cc3)c(C(=O)OCc3ccccc3)c2)cc1. The fourth-order valence-corrected chi connectivity index (χ4v) is 3.65. The summed E-state index contributed by atoms with van der Waals surface area (Å²) in [6, 6.07) is 26.2. The van der Waals surface area contributed by atoms with Gasteiger partial charge in [0.2, 0.25) is 0 Å². The minimum atomic E-state index is -0.752. The van der Waals surface area contributed by atoms with E-state index < -0.39 is 17.9 Å². The van der Waals surface area contributed by atoms with Gasteiger partial charge in [-0.15, -0.1) is 0 Å². The molecule has 8 heteroatoms. The van der Waals surface area contributed by atoms with Gasteiger partial charge in [0.15, 0.2) is 0 Å². The fourth-order valence-electron chi connectivity index (χ4n) is 3.65. The van der Waals surface area contributed by atoms with Gasteiger partial charge in [0, 0.05) is 0 Å². The number of ether oxygens (including phenoxy) is 5. The molecule has 0 spiro atoms. The lowest BCUT2D eigenvalue weighted by Crippen LogP contribution is -2.14. The van der Waals surface area contributed by atoms with Crippen molar-refractivity contribution in [1.82, 2.24) is 0 Å². The Kier molecular flexibility index (Phi) is 9.50. The maximum Gasteiger partial charge on any atom is 0.343 e. The first kappa shape index (κ1) is 27.9. The Morgan fingerprint density at radius 1 is 0.575 bits per heavy atom. The second-order valence-corrected chi connectivity index (χ2v) is 8.41. The first-order valence-corrected chi connectivity index (χ1v) is 12.7. The normalized spacial score (nSPS) is 10.3. The van der Waals surface area contributed by atoms with Crippen molar-refractivity contribution >= 4 is 17.9 Å². The maximum atomic E-state index is 13.1. The topological polar surface area (TPSA) is 97.4 Å². The largest absolute Gasteiger partial charge is 0.494 e. The van der Waals surface area contributed by atoms with Crippen LogP contribution in [0, 0.1) is 0 Å². The first-order chi connectivity index (χ1) is 19.5. The number of esters is 3. The van der Waals surface area contributed by atoms with Crippen LogP contribution in [-0.2, 0) is 11.3 Å². The third-order valence-electron chi connectivity index (χ3n) is 5.60. The van der Waals surface area contributed by atoms with Crippen molar-refractivity contribution in [3.8, 4) is 23.0 Å². The zero-order valence-electron chi connectivity index (χ0n) is 22.1. The lowest BCUT2D eigenvalue weighted by Gasteiger charge is -2.13. The van der Waals surface area contributed by atoms with E-state index in [1.165, 1.54) is 18.2 Å². The molecule has 0 saturated heterocycles. The molecular formula is C32H28O8. The number of rotatable bonds is 11. The monoisotopic (exact) mass is 540 g/mol. The Bertz CT molecular complexity index is 1450. The maximum absolute atomic E-state index is 13.1. The van der Waals surface area contributed by atoms with Crippen LogP contribution in [0.1, 0.15) is 50.5 Å². The minimum absolute atomic E-state index is 0.00213. The standard InChI is InChI=1S/C32H28O8/c1-3-36-25-14-10-23(11-15-25)30(33)39-27-18-19-29(40-31(34)24-12-16-26(17-13-24)37-4-2)28(20-27)32(35)38-21-22-8-6-5-7-9-22/h5-20H,3-4,21H2,1-2H3. The molecule has 8 nitrogen and oxygen atoms in total. The molecule has 0 bridgehead atoms. The predicted octanol–water partition coefficient (Wildman–Crippen LogP) is 6.28. The number of benzene rings is 4. The van der Waals surface area contributed by atoms with Crippen LogP contribution >= 0.6 is 0 Å². The lowest BCUT2D eigenvalue weighted by atomic mass is 10.1. The second kappa shape index (κ2) is 13.6. The summed E-state index contributed by atoms with van der Waals surface area (Å²) in [5, 5.41) is 0. The Morgan fingerprint density at radius 2 is 1.10 bits per heavy atom. The Balaban J connectivity index is 1.55. The van der Waals surface area contributed by atoms with Crippen molar-refractivity contribution in [2.45, 2.75) is 20.5 Å². The van der Waals surface area contributed by atoms with Gasteiger partial charge in [-0.05, 0) is 86.1 Å². The van der Waals surface area contributed by atoms with Gasteiger partial charge in [-0.25, -0.2) is 14.4 Å². The van der Waals surface area contributed by atoms with E-state index in [9.17, 15) is 14.4 Å². The van der Waals surface area contributed by atoms with Crippen LogP contribution in [0.5, 0.6) is 23.0 Å². The average molecular weight is 541 g/mol. The van der Waals surface area contributed by atoms with Crippen LogP contribution in [-0.4, -0.2) is 31.1 Å². The van der Waals surface area contributed by atoms with Crippen LogP contribution in [0.15, 0.2) is 97.1 Å². The molecular weight excluding hydrogens is 512 g/mol. The Labute approximate surface area is 232 Å². The molecule has 0 unspecified atom stereocenters. The molecule has 0 N–H and O–H groups in total. The summed E-state index contributed by atoms with van der Waals surface area (Å²) in [5.74, 6) is -0.796. The number of carbonyl (C=O) groups excluding carboxylic acids is 3. The second-order valence-electron chi connectivity index (χ2n) is 8.41. The first-order valence-electron chi connectivity index (χ1n) is 12.7. The average Bonchev–Trinajstić information content (AvgIpc) is 2.98. The quantitative estimate of drug-likeness (QED) is 0.162. The number of carbonyl (C=O) groups is 3. The molecule has 0 fully saturated rings. The van der Waals surface area contributed by atoms with Crippen LogP contribution in [0.4, 0.5) is 0 Å². The van der Waals surface area contributed by atoms with E-state index in [0.717, 1.165) is 5.56 Å². The third kappa shape index (κ3) is 7.48. The summed E-state index contributed by atoms with van der Waals surface area (Å²) >= 11 is 0. The van der Waals surface area contributed by atoms with E-state index in [1.54, 1.807) is 48.5 Å². The highest BCUT2D eigenvalue weighted by molar-refractivity contribution is 5.97. The molecule has 0 amide bonds. The van der Waals surface area contributed by atoms with Crippen molar-refractivity contribution < 1.29 is 38.1 Å². The molecule has 0 heterocycles. The molecule has 0 aliphatic heterocycles. The fraction of sp³-hybridized carbons (Fsp3) is 0.156. The van der Waals surface area contributed by atoms with Crippen LogP contribution in [0.25, 0.3) is 0 Å². The van der Waals surface area contributed by atoms with Crippen molar-refractivity contribution in [1.29, 1.82) is 0 Å². The molecule has 0 saturated carbocycles. The van der Waals surface area contributed by atoms with E-state index in [4.69, 9.17) is 23.7 Å². The van der Waals surface area contributed by atoms with Gasteiger partial charge in [0.05, 0.1) is 24.3 Å². The molecule has 4 aromatic rings. The summed E-state index contributed by atoms with van der Waals surface area (Å²) in [4.78, 5) is 38.7. The minimum Gasteiger partial charge on any atom is -0.494 e. The zero-order chi connectivity index (χ0) is 28.3. The molecule has 0 radical (unpaired) electrons. The lowest BCUT2D eigenvalue weighted by molar-refractivity contribution is 0.0465. The number of hydrogen-bond donors (Lipinski definition) is 0. The highest BCUT2D eigenvalue weighted by atomic mass is 16.6. The van der Waals surface area contributed by atoms with Crippen LogP contribution in [0.3, 0.4) is 0 Å². The van der Waals surface area contributed by atoms with Crippen LogP contribution < -0.4 is 18.9 Å². The molecule has 0 aromatic heterocycles. The van der Waals surface area contributed by atoms with Gasteiger partial charge in [-0.1, -0.05) is 30.3 Å². The predicted molar refractivity (Wildman–Crippen MR) is 147 cm³/mol. The van der Waals surface area contributed by atoms with E-state index >= 15 is 0 Å². The smallest absolute Gasteiger partial charge is 0.343 e. The molecule has 204 valence electrons. The van der Waals surface area contributed by atoms with Gasteiger partial charge in [-0.2, -0.15) is 0 Å². The van der Waals surface area contributed by atoms with Gasteiger partial charge in [0.1, 0.15) is 35.2 Å². The summed E-state index contributed by atoms with van der Waals surface area (Å²) in [7, 11) is 0. The molecule has 0 atom stereocenters. The van der Waals surface area contributed by atoms with Crippen molar-refractivity contribution in [2.75, 3.05) is 13.2 Å². The van der Waals surface area contributed by atoms with Crippen molar-refractivity contribution in [3.05, 3.63) is 119 Å². The zero-order valence-corrected chi connectivity index (χ0v) is 22.1. The van der Waals surface area contributed by atoms with Gasteiger partial charge >= 0.3 is 17.9 Å². The summed E-state index contributed by atoms with van der Waals surface area (Å²) < 4.78 is 27.3. The highest BCUT2D eigenvalue weighted by Crippen LogP contribution is 2.28. The van der Waals surface area contributed by atoms with Crippen LogP contribution in [0.2, 0.25) is 0 Å².